The van der Waals surface area contributed by atoms with Crippen molar-refractivity contribution in [3.63, 3.8) is 0 Å². The fraction of sp³-hybridized carbons (Fsp3) is 0.0417. The summed E-state index contributed by atoms with van der Waals surface area (Å²) < 4.78 is 10.7. The Morgan fingerprint density at radius 2 is 1.65 bits per heavy atom. The molecule has 0 spiro atoms. The summed E-state index contributed by atoms with van der Waals surface area (Å²) in [6, 6.07) is 18.4. The minimum atomic E-state index is -0.610. The number of hydrogen-bond acceptors (Lipinski definition) is 8. The molecule has 10 nitrogen and oxygen atoms in total. The van der Waals surface area contributed by atoms with E-state index < -0.39 is 16.7 Å². The first kappa shape index (κ1) is 20.7. The molecule has 3 aromatic rings. The molecule has 34 heavy (non-hydrogen) atoms. The number of hydrogen-bond donors (Lipinski definition) is 1. The largest absolute Gasteiger partial charge is 0.454 e. The third-order valence-electron chi connectivity index (χ3n) is 5.35. The maximum absolute atomic E-state index is 13.4. The third kappa shape index (κ3) is 3.47. The molecule has 10 heteroatoms. The Bertz CT molecular complexity index is 1420. The number of nitriles is 1. The Labute approximate surface area is 192 Å². The minimum Gasteiger partial charge on any atom is -0.454 e. The van der Waals surface area contributed by atoms with Crippen LogP contribution in [0.5, 0.6) is 11.5 Å². The van der Waals surface area contributed by atoms with Crippen LogP contribution in [0.4, 0.5) is 17.1 Å². The summed E-state index contributed by atoms with van der Waals surface area (Å²) in [4.78, 5) is 38.4. The highest BCUT2D eigenvalue weighted by atomic mass is 16.7. The normalized spacial score (nSPS) is 14.4. The first-order valence-electron chi connectivity index (χ1n) is 10.0. The van der Waals surface area contributed by atoms with Gasteiger partial charge >= 0.3 is 0 Å². The quantitative estimate of drug-likeness (QED) is 0.351. The molecule has 0 aliphatic carbocycles. The second kappa shape index (κ2) is 8.07. The zero-order chi connectivity index (χ0) is 23.8. The summed E-state index contributed by atoms with van der Waals surface area (Å²) in [7, 11) is 0. The van der Waals surface area contributed by atoms with Crippen molar-refractivity contribution in [3.05, 3.63) is 93.7 Å². The van der Waals surface area contributed by atoms with Gasteiger partial charge < -0.3 is 14.8 Å². The fourth-order valence-corrected chi connectivity index (χ4v) is 3.70. The number of non-ortho nitro benzene ring substituents is 1. The number of benzene rings is 3. The van der Waals surface area contributed by atoms with Crippen LogP contribution in [0.1, 0.15) is 11.1 Å². The van der Waals surface area contributed by atoms with E-state index in [0.29, 0.717) is 28.3 Å². The number of fused-ring (bicyclic) bond motifs is 1. The summed E-state index contributed by atoms with van der Waals surface area (Å²) in [6.45, 7) is 0.0828. The molecule has 0 fully saturated rings. The maximum atomic E-state index is 13.4. The molecule has 0 radical (unpaired) electrons. The number of nitro groups is 1. The lowest BCUT2D eigenvalue weighted by Gasteiger charge is -2.15. The van der Waals surface area contributed by atoms with E-state index >= 15 is 0 Å². The Morgan fingerprint density at radius 1 is 0.941 bits per heavy atom. The van der Waals surface area contributed by atoms with Crippen molar-refractivity contribution < 1.29 is 24.0 Å². The summed E-state index contributed by atoms with van der Waals surface area (Å²) in [5, 5.41) is 23.1. The monoisotopic (exact) mass is 454 g/mol. The molecular formula is C24H14N4O6. The molecule has 0 aromatic heterocycles. The van der Waals surface area contributed by atoms with Gasteiger partial charge in [-0.15, -0.1) is 0 Å². The number of rotatable bonds is 5. The van der Waals surface area contributed by atoms with Crippen molar-refractivity contribution in [2.45, 2.75) is 0 Å². The van der Waals surface area contributed by atoms with Crippen molar-refractivity contribution in [2.24, 2.45) is 0 Å². The van der Waals surface area contributed by atoms with Crippen LogP contribution in [0.15, 0.2) is 72.4 Å². The van der Waals surface area contributed by atoms with Gasteiger partial charge in [0.05, 0.1) is 27.8 Å². The molecule has 0 saturated carbocycles. The molecule has 2 heterocycles. The van der Waals surface area contributed by atoms with Crippen molar-refractivity contribution in [1.82, 2.24) is 0 Å². The van der Waals surface area contributed by atoms with Crippen molar-refractivity contribution in [3.8, 4) is 17.6 Å². The van der Waals surface area contributed by atoms with Gasteiger partial charge in [0.25, 0.3) is 17.5 Å². The van der Waals surface area contributed by atoms with Gasteiger partial charge in [-0.25, -0.2) is 4.90 Å². The SMILES string of the molecule is N#Cc1ccc(N2C(=O)C(Nc3ccc4c(c3)OCO4)=C(c3ccc([N+](=O)[O-])cc3)C2=O)cc1. The average molecular weight is 454 g/mol. The molecule has 2 aliphatic heterocycles. The fourth-order valence-electron chi connectivity index (χ4n) is 3.70. The highest BCUT2D eigenvalue weighted by molar-refractivity contribution is 6.46. The highest BCUT2D eigenvalue weighted by Crippen LogP contribution is 2.38. The molecule has 2 amide bonds. The van der Waals surface area contributed by atoms with Crippen LogP contribution >= 0.6 is 0 Å². The number of nitrogens with one attached hydrogen (secondary N) is 1. The average Bonchev–Trinajstić information content (AvgIpc) is 3.41. The van der Waals surface area contributed by atoms with E-state index in [2.05, 4.69) is 5.32 Å². The van der Waals surface area contributed by atoms with Gasteiger partial charge in [0, 0.05) is 23.9 Å². The topological polar surface area (TPSA) is 135 Å². The first-order chi connectivity index (χ1) is 16.5. The van der Waals surface area contributed by atoms with Crippen molar-refractivity contribution in [1.29, 1.82) is 5.26 Å². The second-order valence-corrected chi connectivity index (χ2v) is 7.35. The second-order valence-electron chi connectivity index (χ2n) is 7.35. The molecular weight excluding hydrogens is 440 g/mol. The standard InChI is InChI=1S/C24H14N4O6/c25-12-14-1-6-17(7-2-14)27-23(29)21(15-3-8-18(9-4-15)28(31)32)22(24(27)30)26-16-5-10-19-20(11-16)34-13-33-19/h1-11,26H,13H2. The number of ether oxygens (including phenoxy) is 2. The molecule has 0 bridgehead atoms. The summed E-state index contributed by atoms with van der Waals surface area (Å²) >= 11 is 0. The molecule has 3 aromatic carbocycles. The zero-order valence-corrected chi connectivity index (χ0v) is 17.3. The number of nitrogens with zero attached hydrogens (tertiary/aromatic N) is 3. The lowest BCUT2D eigenvalue weighted by Crippen LogP contribution is -2.32. The lowest BCUT2D eigenvalue weighted by molar-refractivity contribution is -0.384. The van der Waals surface area contributed by atoms with Gasteiger partial charge in [0.2, 0.25) is 6.79 Å². The molecule has 0 atom stereocenters. The Hall–Kier alpha value is -5.17. The van der Waals surface area contributed by atoms with E-state index in [-0.39, 0.29) is 29.4 Å². The number of nitro benzene ring substituents is 1. The molecule has 5 rings (SSSR count). The van der Waals surface area contributed by atoms with Crippen LogP contribution in [0.2, 0.25) is 0 Å². The van der Waals surface area contributed by atoms with Crippen LogP contribution in [0, 0.1) is 21.4 Å². The van der Waals surface area contributed by atoms with Crippen LogP contribution < -0.4 is 19.7 Å². The van der Waals surface area contributed by atoms with Crippen LogP contribution in [0.25, 0.3) is 5.57 Å². The van der Waals surface area contributed by atoms with E-state index in [1.54, 1.807) is 18.2 Å². The highest BCUT2D eigenvalue weighted by Gasteiger charge is 2.40. The molecule has 0 saturated heterocycles. The molecule has 1 N–H and O–H groups in total. The summed E-state index contributed by atoms with van der Waals surface area (Å²) in [5.74, 6) is -0.168. The van der Waals surface area contributed by atoms with Gasteiger partial charge in [0.1, 0.15) is 5.70 Å². The van der Waals surface area contributed by atoms with Gasteiger partial charge in [-0.1, -0.05) is 0 Å². The Kier molecular flexibility index (Phi) is 4.92. The van der Waals surface area contributed by atoms with Crippen molar-refractivity contribution >= 4 is 34.4 Å². The summed E-state index contributed by atoms with van der Waals surface area (Å²) in [6.07, 6.45) is 0. The Morgan fingerprint density at radius 3 is 2.32 bits per heavy atom. The third-order valence-corrected chi connectivity index (χ3v) is 5.35. The van der Waals surface area contributed by atoms with Gasteiger partial charge in [-0.2, -0.15) is 5.26 Å². The number of imide groups is 1. The van der Waals surface area contributed by atoms with E-state index in [9.17, 15) is 19.7 Å². The zero-order valence-electron chi connectivity index (χ0n) is 17.3. The molecule has 2 aliphatic rings. The first-order valence-corrected chi connectivity index (χ1v) is 10.0. The van der Waals surface area contributed by atoms with E-state index in [0.717, 1.165) is 4.90 Å². The van der Waals surface area contributed by atoms with Gasteiger partial charge in [-0.3, -0.25) is 19.7 Å². The predicted octanol–water partition coefficient (Wildman–Crippen LogP) is 3.59. The molecule has 0 unspecified atom stereocenters. The lowest BCUT2D eigenvalue weighted by atomic mass is 10.0. The minimum absolute atomic E-state index is 0.00192. The number of amides is 2. The molecule has 166 valence electrons. The predicted molar refractivity (Wildman–Crippen MR) is 120 cm³/mol. The van der Waals surface area contributed by atoms with Gasteiger partial charge in [-0.05, 0) is 54.1 Å². The van der Waals surface area contributed by atoms with Gasteiger partial charge in [0.15, 0.2) is 11.5 Å². The number of carbonyl (C=O) groups is 2. The summed E-state index contributed by atoms with van der Waals surface area (Å²) in [5.41, 5.74) is 1.41. The van der Waals surface area contributed by atoms with Crippen molar-refractivity contribution in [2.75, 3.05) is 17.0 Å². The van der Waals surface area contributed by atoms with Crippen LogP contribution in [-0.2, 0) is 9.59 Å². The Balaban J connectivity index is 1.58. The van der Waals surface area contributed by atoms with E-state index in [1.165, 1.54) is 48.5 Å². The van der Waals surface area contributed by atoms with E-state index in [1.807, 2.05) is 6.07 Å². The number of anilines is 2. The van der Waals surface area contributed by atoms with Crippen LogP contribution in [0.3, 0.4) is 0 Å². The maximum Gasteiger partial charge on any atom is 0.282 e. The smallest absolute Gasteiger partial charge is 0.282 e. The number of carbonyl (C=O) groups excluding carboxylic acids is 2. The van der Waals surface area contributed by atoms with E-state index in [4.69, 9.17) is 14.7 Å². The van der Waals surface area contributed by atoms with Crippen LogP contribution in [-0.4, -0.2) is 23.5 Å².